The van der Waals surface area contributed by atoms with E-state index in [0.29, 0.717) is 6.42 Å². The molecule has 0 aliphatic carbocycles. The standard InChI is InChI=1S/C18H28N2O4/c1-13(21)12-19-16(22)15(11-14-9-7-6-8-10-14)20(5)17(23)24-18(2,3)4/h6-10,13,15,21H,11-12H2,1-5H3,(H,19,22)/t13-,15+/m0/s1. The molecule has 0 spiro atoms. The zero-order chi connectivity index (χ0) is 18.3. The maximum absolute atomic E-state index is 12.5. The van der Waals surface area contributed by atoms with E-state index in [9.17, 15) is 14.7 Å². The molecule has 2 amide bonds. The van der Waals surface area contributed by atoms with Crippen molar-refractivity contribution in [1.29, 1.82) is 0 Å². The number of likely N-dealkylation sites (N-methyl/N-ethyl adjacent to an activating group) is 1. The van der Waals surface area contributed by atoms with Crippen molar-refractivity contribution in [1.82, 2.24) is 10.2 Å². The van der Waals surface area contributed by atoms with Crippen LogP contribution in [0.1, 0.15) is 33.3 Å². The lowest BCUT2D eigenvalue weighted by Gasteiger charge is -2.30. The summed E-state index contributed by atoms with van der Waals surface area (Å²) in [6.45, 7) is 7.05. The number of carbonyl (C=O) groups excluding carboxylic acids is 2. The highest BCUT2D eigenvalue weighted by Gasteiger charge is 2.30. The van der Waals surface area contributed by atoms with E-state index in [1.807, 2.05) is 30.3 Å². The van der Waals surface area contributed by atoms with Crippen molar-refractivity contribution < 1.29 is 19.4 Å². The Balaban J connectivity index is 2.90. The minimum Gasteiger partial charge on any atom is -0.444 e. The fourth-order valence-electron chi connectivity index (χ4n) is 2.07. The summed E-state index contributed by atoms with van der Waals surface area (Å²) >= 11 is 0. The van der Waals surface area contributed by atoms with Crippen molar-refractivity contribution in [3.05, 3.63) is 35.9 Å². The second-order valence-corrected chi connectivity index (χ2v) is 6.89. The topological polar surface area (TPSA) is 78.9 Å². The van der Waals surface area contributed by atoms with Crippen LogP contribution >= 0.6 is 0 Å². The van der Waals surface area contributed by atoms with Gasteiger partial charge in [-0.2, -0.15) is 0 Å². The van der Waals surface area contributed by atoms with Crippen LogP contribution in [-0.4, -0.2) is 53.3 Å². The van der Waals surface area contributed by atoms with Crippen molar-refractivity contribution in [2.45, 2.75) is 51.9 Å². The van der Waals surface area contributed by atoms with Crippen molar-refractivity contribution in [2.24, 2.45) is 0 Å². The molecule has 6 heteroatoms. The minimum absolute atomic E-state index is 0.131. The summed E-state index contributed by atoms with van der Waals surface area (Å²) in [4.78, 5) is 26.1. The van der Waals surface area contributed by atoms with Gasteiger partial charge in [-0.15, -0.1) is 0 Å². The molecule has 0 fully saturated rings. The number of benzene rings is 1. The van der Waals surface area contributed by atoms with E-state index in [0.717, 1.165) is 5.56 Å². The Morgan fingerprint density at radius 2 is 1.83 bits per heavy atom. The molecule has 0 bridgehead atoms. The van der Waals surface area contributed by atoms with Crippen LogP contribution in [0.4, 0.5) is 4.79 Å². The predicted molar refractivity (Wildman–Crippen MR) is 92.6 cm³/mol. The van der Waals surface area contributed by atoms with Gasteiger partial charge in [0.15, 0.2) is 0 Å². The summed E-state index contributed by atoms with van der Waals surface area (Å²) < 4.78 is 5.35. The van der Waals surface area contributed by atoms with Crippen LogP contribution in [0.25, 0.3) is 0 Å². The Morgan fingerprint density at radius 1 is 1.25 bits per heavy atom. The molecule has 1 aromatic carbocycles. The Hall–Kier alpha value is -2.08. The number of amides is 2. The van der Waals surface area contributed by atoms with E-state index < -0.39 is 23.8 Å². The first-order valence-corrected chi connectivity index (χ1v) is 8.05. The zero-order valence-corrected chi connectivity index (χ0v) is 15.1. The van der Waals surface area contributed by atoms with Crippen LogP contribution in [0, 0.1) is 0 Å². The van der Waals surface area contributed by atoms with Crippen LogP contribution < -0.4 is 5.32 Å². The average molecular weight is 336 g/mol. The monoisotopic (exact) mass is 336 g/mol. The van der Waals surface area contributed by atoms with Gasteiger partial charge in [-0.25, -0.2) is 4.79 Å². The maximum Gasteiger partial charge on any atom is 0.410 e. The molecule has 6 nitrogen and oxygen atoms in total. The lowest BCUT2D eigenvalue weighted by molar-refractivity contribution is -0.126. The Labute approximate surface area is 143 Å². The highest BCUT2D eigenvalue weighted by molar-refractivity contribution is 5.86. The Bertz CT molecular complexity index is 538. The molecule has 0 aromatic heterocycles. The average Bonchev–Trinajstić information content (AvgIpc) is 2.49. The molecule has 0 aliphatic heterocycles. The van der Waals surface area contributed by atoms with Crippen LogP contribution in [0.3, 0.4) is 0 Å². The number of rotatable bonds is 6. The molecule has 0 heterocycles. The number of hydrogen-bond donors (Lipinski definition) is 2. The third-order valence-corrected chi connectivity index (χ3v) is 3.30. The van der Waals surface area contributed by atoms with Crippen LogP contribution in [0.2, 0.25) is 0 Å². The van der Waals surface area contributed by atoms with E-state index in [-0.39, 0.29) is 12.5 Å². The number of aliphatic hydroxyl groups excluding tert-OH is 1. The number of ether oxygens (including phenoxy) is 1. The van der Waals surface area contributed by atoms with E-state index in [1.165, 1.54) is 4.90 Å². The third-order valence-electron chi connectivity index (χ3n) is 3.30. The van der Waals surface area contributed by atoms with Crippen molar-refractivity contribution in [2.75, 3.05) is 13.6 Å². The van der Waals surface area contributed by atoms with Crippen LogP contribution in [0.5, 0.6) is 0 Å². The Morgan fingerprint density at radius 3 is 2.33 bits per heavy atom. The van der Waals surface area contributed by atoms with E-state index in [1.54, 1.807) is 34.7 Å². The van der Waals surface area contributed by atoms with E-state index in [2.05, 4.69) is 5.32 Å². The van der Waals surface area contributed by atoms with Crippen molar-refractivity contribution in [3.63, 3.8) is 0 Å². The summed E-state index contributed by atoms with van der Waals surface area (Å²) in [6, 6.07) is 8.74. The molecule has 1 rings (SSSR count). The van der Waals surface area contributed by atoms with Gasteiger partial charge in [-0.05, 0) is 33.3 Å². The molecule has 0 aliphatic rings. The summed E-state index contributed by atoms with van der Waals surface area (Å²) in [5.41, 5.74) is 0.295. The van der Waals surface area contributed by atoms with Crippen molar-refractivity contribution >= 4 is 12.0 Å². The van der Waals surface area contributed by atoms with Gasteiger partial charge in [0.1, 0.15) is 11.6 Å². The molecular weight excluding hydrogens is 308 g/mol. The van der Waals surface area contributed by atoms with Gasteiger partial charge in [-0.3, -0.25) is 9.69 Å². The summed E-state index contributed by atoms with van der Waals surface area (Å²) in [5, 5.41) is 12.0. The van der Waals surface area contributed by atoms with Gasteiger partial charge >= 0.3 is 6.09 Å². The number of carbonyl (C=O) groups is 2. The second kappa shape index (κ2) is 8.68. The molecular formula is C18H28N2O4. The van der Waals surface area contributed by atoms with Gasteiger partial charge < -0.3 is 15.2 Å². The van der Waals surface area contributed by atoms with Gasteiger partial charge in [0.2, 0.25) is 5.91 Å². The van der Waals surface area contributed by atoms with Crippen LogP contribution in [0.15, 0.2) is 30.3 Å². The van der Waals surface area contributed by atoms with Gasteiger partial charge in [0.05, 0.1) is 6.10 Å². The van der Waals surface area contributed by atoms with Crippen LogP contribution in [-0.2, 0) is 16.0 Å². The largest absolute Gasteiger partial charge is 0.444 e. The number of aliphatic hydroxyl groups is 1. The quantitative estimate of drug-likeness (QED) is 0.832. The highest BCUT2D eigenvalue weighted by atomic mass is 16.6. The molecule has 0 saturated carbocycles. The number of hydrogen-bond acceptors (Lipinski definition) is 4. The van der Waals surface area contributed by atoms with Gasteiger partial charge in [0, 0.05) is 20.0 Å². The first kappa shape index (κ1) is 20.0. The zero-order valence-electron chi connectivity index (χ0n) is 15.1. The SMILES string of the molecule is C[C@H](O)CNC(=O)[C@@H](Cc1ccccc1)N(C)C(=O)OC(C)(C)C. The second-order valence-electron chi connectivity index (χ2n) is 6.89. The lowest BCUT2D eigenvalue weighted by atomic mass is 10.0. The molecule has 2 atom stereocenters. The minimum atomic E-state index is -0.721. The smallest absolute Gasteiger partial charge is 0.410 e. The molecule has 24 heavy (non-hydrogen) atoms. The van der Waals surface area contributed by atoms with Gasteiger partial charge in [-0.1, -0.05) is 30.3 Å². The normalized spacial score (nSPS) is 13.8. The highest BCUT2D eigenvalue weighted by Crippen LogP contribution is 2.14. The molecule has 0 radical (unpaired) electrons. The van der Waals surface area contributed by atoms with E-state index >= 15 is 0 Å². The first-order chi connectivity index (χ1) is 11.1. The first-order valence-electron chi connectivity index (χ1n) is 8.05. The third kappa shape index (κ3) is 7.00. The number of nitrogens with one attached hydrogen (secondary N) is 1. The summed E-state index contributed by atoms with van der Waals surface area (Å²) in [7, 11) is 1.55. The number of nitrogens with zero attached hydrogens (tertiary/aromatic N) is 1. The predicted octanol–water partition coefficient (Wildman–Crippen LogP) is 1.96. The summed E-state index contributed by atoms with van der Waals surface area (Å²) in [6.07, 6.45) is -0.851. The fourth-order valence-corrected chi connectivity index (χ4v) is 2.07. The molecule has 0 unspecified atom stereocenters. The maximum atomic E-state index is 12.5. The van der Waals surface area contributed by atoms with E-state index in [4.69, 9.17) is 4.74 Å². The molecule has 2 N–H and O–H groups in total. The lowest BCUT2D eigenvalue weighted by Crippen LogP contribution is -2.51. The molecule has 0 saturated heterocycles. The summed E-state index contributed by atoms with van der Waals surface area (Å²) in [5.74, 6) is -0.326. The van der Waals surface area contributed by atoms with Gasteiger partial charge in [0.25, 0.3) is 0 Å². The van der Waals surface area contributed by atoms with Crippen molar-refractivity contribution in [3.8, 4) is 0 Å². The fraction of sp³-hybridized carbons (Fsp3) is 0.556. The molecule has 134 valence electrons. The Kier molecular flexibility index (Phi) is 7.22. The molecule has 1 aromatic rings.